The SMILES string of the molecule is C=C(C#N)/C(=C\C=C/C)[C@H](c1ccc(F)cc1)[C@H]1Cn2ccnc2-c2c(O)c(=O)cnn21. The molecule has 2 atom stereocenters. The Morgan fingerprint density at radius 3 is 2.84 bits per heavy atom. The van der Waals surface area contributed by atoms with Crippen LogP contribution in [0.2, 0.25) is 0 Å². The van der Waals surface area contributed by atoms with E-state index in [4.69, 9.17) is 0 Å². The van der Waals surface area contributed by atoms with Crippen LogP contribution in [-0.4, -0.2) is 24.4 Å². The van der Waals surface area contributed by atoms with Gasteiger partial charge < -0.3 is 9.67 Å². The minimum atomic E-state index is -0.615. The van der Waals surface area contributed by atoms with Crippen molar-refractivity contribution in [2.45, 2.75) is 25.4 Å². The van der Waals surface area contributed by atoms with Crippen LogP contribution in [0, 0.1) is 17.1 Å². The standard InChI is InChI=1S/C24H20FN5O2/c1-3-4-5-18(15(2)12-26)21(16-6-8-17(25)9-7-16)19-14-29-11-10-27-24(29)22-23(32)20(31)13-28-30(19)22/h3-11,13,19,21,32H,2,14H2,1H3/b4-3-,18-5+/t19-,21+/m1/s1. The summed E-state index contributed by atoms with van der Waals surface area (Å²) in [5, 5.41) is 24.5. The predicted octanol–water partition coefficient (Wildman–Crippen LogP) is 3.87. The lowest BCUT2D eigenvalue weighted by Crippen LogP contribution is -2.32. The predicted molar refractivity (Wildman–Crippen MR) is 117 cm³/mol. The van der Waals surface area contributed by atoms with Gasteiger partial charge in [-0.2, -0.15) is 10.4 Å². The highest BCUT2D eigenvalue weighted by molar-refractivity contribution is 5.61. The van der Waals surface area contributed by atoms with Gasteiger partial charge in [-0.25, -0.2) is 9.37 Å². The maximum atomic E-state index is 13.7. The summed E-state index contributed by atoms with van der Waals surface area (Å²) in [4.78, 5) is 16.4. The van der Waals surface area contributed by atoms with Crippen LogP contribution in [0.25, 0.3) is 11.5 Å². The Kier molecular flexibility index (Phi) is 5.56. The summed E-state index contributed by atoms with van der Waals surface area (Å²) in [6.07, 6.45) is 9.81. The number of fused-ring (bicyclic) bond motifs is 3. The van der Waals surface area contributed by atoms with E-state index < -0.39 is 23.1 Å². The fraction of sp³-hybridized carbons (Fsp3) is 0.167. The second kappa shape index (κ2) is 8.47. The topological polar surface area (TPSA) is 96.7 Å². The third-order valence-electron chi connectivity index (χ3n) is 5.51. The molecule has 1 aliphatic rings. The van der Waals surface area contributed by atoms with Gasteiger partial charge in [-0.15, -0.1) is 0 Å². The molecule has 1 aromatic carbocycles. The molecule has 1 N–H and O–H groups in total. The fourth-order valence-corrected chi connectivity index (χ4v) is 4.05. The number of allylic oxidation sites excluding steroid dienone is 5. The molecule has 2 aromatic heterocycles. The van der Waals surface area contributed by atoms with Crippen LogP contribution in [0.4, 0.5) is 4.39 Å². The molecular weight excluding hydrogens is 409 g/mol. The monoisotopic (exact) mass is 429 g/mol. The molecule has 32 heavy (non-hydrogen) atoms. The van der Waals surface area contributed by atoms with Crippen molar-refractivity contribution >= 4 is 0 Å². The van der Waals surface area contributed by atoms with E-state index >= 15 is 0 Å². The molecule has 3 aromatic rings. The number of aromatic hydroxyl groups is 1. The van der Waals surface area contributed by atoms with Crippen LogP contribution in [-0.2, 0) is 6.54 Å². The molecule has 8 heteroatoms. The summed E-state index contributed by atoms with van der Waals surface area (Å²) in [6, 6.07) is 7.66. The van der Waals surface area contributed by atoms with E-state index in [0.717, 1.165) is 11.8 Å². The number of imidazole rings is 1. The van der Waals surface area contributed by atoms with Crippen molar-refractivity contribution in [3.05, 3.63) is 100 Å². The van der Waals surface area contributed by atoms with Crippen molar-refractivity contribution in [1.29, 1.82) is 5.26 Å². The van der Waals surface area contributed by atoms with E-state index in [1.165, 1.54) is 12.1 Å². The number of hydrogen-bond donors (Lipinski definition) is 1. The van der Waals surface area contributed by atoms with Crippen LogP contribution >= 0.6 is 0 Å². The molecule has 0 radical (unpaired) electrons. The number of nitriles is 1. The highest BCUT2D eigenvalue weighted by atomic mass is 19.1. The van der Waals surface area contributed by atoms with Crippen LogP contribution in [0.15, 0.2) is 83.6 Å². The highest BCUT2D eigenvalue weighted by Crippen LogP contribution is 2.44. The minimum absolute atomic E-state index is 0.193. The van der Waals surface area contributed by atoms with E-state index in [1.807, 2.05) is 17.6 Å². The third kappa shape index (κ3) is 3.54. The van der Waals surface area contributed by atoms with Gasteiger partial charge in [0.05, 0.1) is 18.3 Å². The van der Waals surface area contributed by atoms with Gasteiger partial charge in [0.15, 0.2) is 11.6 Å². The number of hydrogen-bond acceptors (Lipinski definition) is 5. The molecule has 0 bridgehead atoms. The molecule has 0 unspecified atom stereocenters. The first-order valence-corrected chi connectivity index (χ1v) is 9.96. The van der Waals surface area contributed by atoms with Gasteiger partial charge in [0.2, 0.25) is 5.43 Å². The number of halogens is 1. The van der Waals surface area contributed by atoms with Crippen molar-refractivity contribution in [3.8, 4) is 23.3 Å². The van der Waals surface area contributed by atoms with Crippen molar-refractivity contribution in [1.82, 2.24) is 19.3 Å². The quantitative estimate of drug-likeness (QED) is 0.491. The molecule has 0 spiro atoms. The Morgan fingerprint density at radius 2 is 2.16 bits per heavy atom. The Balaban J connectivity index is 2.00. The molecular formula is C24H20FN5O2. The second-order valence-corrected chi connectivity index (χ2v) is 7.39. The number of aromatic nitrogens is 4. The van der Waals surface area contributed by atoms with E-state index in [1.54, 1.807) is 41.4 Å². The van der Waals surface area contributed by atoms with Crippen LogP contribution in [0.1, 0.15) is 24.4 Å². The summed E-state index contributed by atoms with van der Waals surface area (Å²) >= 11 is 0. The van der Waals surface area contributed by atoms with Crippen molar-refractivity contribution < 1.29 is 9.50 Å². The molecule has 0 aliphatic carbocycles. The number of rotatable bonds is 5. The normalized spacial score (nSPS) is 16.3. The summed E-state index contributed by atoms with van der Waals surface area (Å²) in [5.74, 6) is -0.901. The molecule has 3 heterocycles. The van der Waals surface area contributed by atoms with Gasteiger partial charge in [-0.05, 0) is 30.2 Å². The molecule has 0 amide bonds. The van der Waals surface area contributed by atoms with Gasteiger partial charge in [0.1, 0.15) is 11.5 Å². The molecule has 0 saturated heterocycles. The van der Waals surface area contributed by atoms with E-state index in [2.05, 4.69) is 22.7 Å². The molecule has 7 nitrogen and oxygen atoms in total. The average molecular weight is 429 g/mol. The van der Waals surface area contributed by atoms with E-state index in [9.17, 15) is 19.6 Å². The van der Waals surface area contributed by atoms with Crippen molar-refractivity contribution in [2.75, 3.05) is 0 Å². The van der Waals surface area contributed by atoms with E-state index in [-0.39, 0.29) is 17.1 Å². The van der Waals surface area contributed by atoms with Crippen LogP contribution < -0.4 is 5.43 Å². The number of nitrogens with zero attached hydrogens (tertiary/aromatic N) is 5. The molecule has 0 fully saturated rings. The Morgan fingerprint density at radius 1 is 1.41 bits per heavy atom. The van der Waals surface area contributed by atoms with Gasteiger partial charge in [0, 0.05) is 30.4 Å². The van der Waals surface area contributed by atoms with Crippen molar-refractivity contribution in [2.24, 2.45) is 0 Å². The summed E-state index contributed by atoms with van der Waals surface area (Å²) in [5.41, 5.74) is 1.19. The zero-order valence-corrected chi connectivity index (χ0v) is 17.3. The molecule has 4 rings (SSSR count). The van der Waals surface area contributed by atoms with Crippen molar-refractivity contribution in [3.63, 3.8) is 0 Å². The molecule has 1 aliphatic heterocycles. The van der Waals surface area contributed by atoms with Gasteiger partial charge in [0.25, 0.3) is 0 Å². The van der Waals surface area contributed by atoms with Gasteiger partial charge in [-0.3, -0.25) is 9.48 Å². The van der Waals surface area contributed by atoms with Crippen LogP contribution in [0.3, 0.4) is 0 Å². The largest absolute Gasteiger partial charge is 0.503 e. The summed E-state index contributed by atoms with van der Waals surface area (Å²) in [7, 11) is 0. The number of benzene rings is 1. The zero-order valence-electron chi connectivity index (χ0n) is 17.3. The molecule has 160 valence electrons. The maximum Gasteiger partial charge on any atom is 0.242 e. The van der Waals surface area contributed by atoms with Crippen LogP contribution in [0.5, 0.6) is 5.75 Å². The fourth-order valence-electron chi connectivity index (χ4n) is 4.05. The summed E-state index contributed by atoms with van der Waals surface area (Å²) < 4.78 is 17.1. The highest BCUT2D eigenvalue weighted by Gasteiger charge is 2.37. The first-order chi connectivity index (χ1) is 15.5. The first kappa shape index (κ1) is 21.0. The smallest absolute Gasteiger partial charge is 0.242 e. The zero-order chi connectivity index (χ0) is 22.8. The lowest BCUT2D eigenvalue weighted by atomic mass is 9.80. The Labute approximate surface area is 183 Å². The van der Waals surface area contributed by atoms with Gasteiger partial charge in [-0.1, -0.05) is 36.9 Å². The minimum Gasteiger partial charge on any atom is -0.503 e. The first-order valence-electron chi connectivity index (χ1n) is 9.96. The Bertz CT molecular complexity index is 1340. The van der Waals surface area contributed by atoms with E-state index in [0.29, 0.717) is 17.9 Å². The molecule has 0 saturated carbocycles. The summed E-state index contributed by atoms with van der Waals surface area (Å²) in [6.45, 7) is 6.17. The average Bonchev–Trinajstić information content (AvgIpc) is 3.27. The third-order valence-corrected chi connectivity index (χ3v) is 5.51. The van der Waals surface area contributed by atoms with Gasteiger partial charge >= 0.3 is 0 Å². The lowest BCUT2D eigenvalue weighted by molar-refractivity contribution is 0.330. The second-order valence-electron chi connectivity index (χ2n) is 7.39. The Hall–Kier alpha value is -4.25. The lowest BCUT2D eigenvalue weighted by Gasteiger charge is -2.35. The maximum absolute atomic E-state index is 13.7.